The number of hydrogen-bond acceptors (Lipinski definition) is 8. The maximum absolute atomic E-state index is 11.3. The predicted octanol–water partition coefficient (Wildman–Crippen LogP) is 1.56. The Morgan fingerprint density at radius 3 is 2.90 bits per heavy atom. The Hall–Kier alpha value is -2.34. The van der Waals surface area contributed by atoms with Crippen molar-refractivity contribution in [2.75, 3.05) is 24.7 Å². The molecule has 9 heteroatoms. The van der Waals surface area contributed by atoms with Crippen molar-refractivity contribution in [1.82, 2.24) is 4.98 Å². The van der Waals surface area contributed by atoms with Gasteiger partial charge < -0.3 is 10.1 Å². The van der Waals surface area contributed by atoms with Gasteiger partial charge >= 0.3 is 11.7 Å². The van der Waals surface area contributed by atoms with Crippen LogP contribution < -0.4 is 5.32 Å². The number of nitrogens with zero attached hydrogens (tertiary/aromatic N) is 3. The fourth-order valence-electron chi connectivity index (χ4n) is 1.42. The average molecular weight is 296 g/mol. The van der Waals surface area contributed by atoms with E-state index in [2.05, 4.69) is 10.3 Å². The van der Waals surface area contributed by atoms with E-state index >= 15 is 0 Å². The topological polar surface area (TPSA) is 118 Å². The zero-order valence-corrected chi connectivity index (χ0v) is 11.7. The first-order valence-electron chi connectivity index (χ1n) is 5.58. The lowest BCUT2D eigenvalue weighted by atomic mass is 10.2. The van der Waals surface area contributed by atoms with Gasteiger partial charge in [0.25, 0.3) is 0 Å². The second-order valence-corrected chi connectivity index (χ2v) is 4.38. The first-order chi connectivity index (χ1) is 9.54. The van der Waals surface area contributed by atoms with E-state index in [1.165, 1.54) is 7.05 Å². The Morgan fingerprint density at radius 1 is 1.70 bits per heavy atom. The fraction of sp³-hybridized carbons (Fsp3) is 0.364. The number of nitro groups is 1. The number of anilines is 1. The van der Waals surface area contributed by atoms with Crippen molar-refractivity contribution < 1.29 is 14.5 Å². The molecule has 1 rings (SSSR count). The molecule has 0 aromatic carbocycles. The van der Waals surface area contributed by atoms with Crippen LogP contribution >= 0.6 is 11.8 Å². The molecule has 20 heavy (non-hydrogen) atoms. The van der Waals surface area contributed by atoms with E-state index in [-0.39, 0.29) is 34.3 Å². The van der Waals surface area contributed by atoms with Gasteiger partial charge in [-0.2, -0.15) is 5.26 Å². The van der Waals surface area contributed by atoms with Crippen LogP contribution in [0.3, 0.4) is 0 Å². The number of thioether (sulfide) groups is 1. The minimum Gasteiger partial charge on any atom is -0.465 e. The summed E-state index contributed by atoms with van der Waals surface area (Å²) in [7, 11) is 1.48. The molecule has 0 unspecified atom stereocenters. The van der Waals surface area contributed by atoms with Crippen LogP contribution in [-0.2, 0) is 9.53 Å². The first-order valence-corrected chi connectivity index (χ1v) is 6.57. The molecule has 1 N–H and O–H groups in total. The maximum atomic E-state index is 11.3. The van der Waals surface area contributed by atoms with Gasteiger partial charge in [0.1, 0.15) is 28.5 Å². The molecule has 0 bridgehead atoms. The molecule has 0 amide bonds. The van der Waals surface area contributed by atoms with Crippen LogP contribution in [-0.4, -0.2) is 35.3 Å². The van der Waals surface area contributed by atoms with Crippen molar-refractivity contribution >= 4 is 29.1 Å². The van der Waals surface area contributed by atoms with Gasteiger partial charge in [-0.3, -0.25) is 14.9 Å². The summed E-state index contributed by atoms with van der Waals surface area (Å²) in [5.41, 5.74) is -0.167. The van der Waals surface area contributed by atoms with E-state index in [0.29, 0.717) is 0 Å². The number of pyridine rings is 1. The number of ether oxygens (including phenoxy) is 1. The summed E-state index contributed by atoms with van der Waals surface area (Å²) in [6, 6.07) is 1.86. The van der Waals surface area contributed by atoms with E-state index < -0.39 is 10.9 Å². The molecule has 1 aromatic heterocycles. The first kappa shape index (κ1) is 15.7. The van der Waals surface area contributed by atoms with Crippen LogP contribution in [0.15, 0.2) is 11.2 Å². The van der Waals surface area contributed by atoms with Crippen LogP contribution in [0.1, 0.15) is 12.5 Å². The van der Waals surface area contributed by atoms with E-state index in [9.17, 15) is 14.9 Å². The zero-order chi connectivity index (χ0) is 15.1. The minimum atomic E-state index is -0.626. The third kappa shape index (κ3) is 3.58. The van der Waals surface area contributed by atoms with E-state index in [1.807, 2.05) is 6.07 Å². The van der Waals surface area contributed by atoms with Gasteiger partial charge in [0.05, 0.1) is 17.3 Å². The van der Waals surface area contributed by atoms with Crippen LogP contribution in [0.5, 0.6) is 0 Å². The largest absolute Gasteiger partial charge is 0.465 e. The summed E-state index contributed by atoms with van der Waals surface area (Å²) in [5.74, 6) is -0.455. The zero-order valence-electron chi connectivity index (χ0n) is 10.9. The quantitative estimate of drug-likeness (QED) is 0.363. The van der Waals surface area contributed by atoms with E-state index in [0.717, 1.165) is 18.0 Å². The molecule has 0 aliphatic rings. The molecule has 0 aliphatic heterocycles. The number of hydrogen-bond donors (Lipinski definition) is 1. The highest BCUT2D eigenvalue weighted by atomic mass is 32.2. The smallest absolute Gasteiger partial charge is 0.316 e. The van der Waals surface area contributed by atoms with Crippen molar-refractivity contribution in [2.24, 2.45) is 0 Å². The van der Waals surface area contributed by atoms with Crippen molar-refractivity contribution in [3.05, 3.63) is 21.9 Å². The highest BCUT2D eigenvalue weighted by Gasteiger charge is 2.22. The van der Waals surface area contributed by atoms with Gasteiger partial charge in [-0.25, -0.2) is 4.98 Å². The predicted molar refractivity (Wildman–Crippen MR) is 72.5 cm³/mol. The highest BCUT2D eigenvalue weighted by Crippen LogP contribution is 2.32. The molecule has 0 spiro atoms. The lowest BCUT2D eigenvalue weighted by Gasteiger charge is -2.08. The van der Waals surface area contributed by atoms with Crippen molar-refractivity contribution in [3.8, 4) is 6.07 Å². The van der Waals surface area contributed by atoms with Gasteiger partial charge in [0.2, 0.25) is 0 Å². The van der Waals surface area contributed by atoms with E-state index in [1.54, 1.807) is 6.92 Å². The fourth-order valence-corrected chi connectivity index (χ4v) is 2.18. The second-order valence-electron chi connectivity index (χ2n) is 3.41. The van der Waals surface area contributed by atoms with Crippen LogP contribution in [0.4, 0.5) is 11.4 Å². The molecule has 1 aromatic rings. The molecule has 8 nitrogen and oxygen atoms in total. The van der Waals surface area contributed by atoms with E-state index in [4.69, 9.17) is 10.00 Å². The Kier molecular flexibility index (Phi) is 5.74. The Bertz CT molecular complexity index is 570. The molecule has 0 fully saturated rings. The monoisotopic (exact) mass is 296 g/mol. The minimum absolute atomic E-state index is 0.0174. The maximum Gasteiger partial charge on any atom is 0.316 e. The normalized spacial score (nSPS) is 9.65. The number of rotatable bonds is 6. The molecular weight excluding hydrogens is 284 g/mol. The van der Waals surface area contributed by atoms with Crippen LogP contribution in [0.2, 0.25) is 0 Å². The van der Waals surface area contributed by atoms with Gasteiger partial charge in [-0.1, -0.05) is 11.8 Å². The lowest BCUT2D eigenvalue weighted by molar-refractivity contribution is -0.384. The summed E-state index contributed by atoms with van der Waals surface area (Å²) in [5, 5.41) is 22.8. The van der Waals surface area contributed by atoms with Gasteiger partial charge in [0, 0.05) is 7.05 Å². The van der Waals surface area contributed by atoms with Crippen molar-refractivity contribution in [3.63, 3.8) is 0 Å². The summed E-state index contributed by atoms with van der Waals surface area (Å²) in [6.45, 7) is 1.95. The third-order valence-corrected chi connectivity index (χ3v) is 3.18. The number of nitrogens with one attached hydrogen (secondary N) is 1. The Balaban J connectivity index is 3.07. The molecule has 0 saturated heterocycles. The SMILES string of the molecule is CCOC(=O)CSc1ncc([N+](=O)[O-])c(NC)c1C#N. The molecule has 0 aliphatic carbocycles. The molecule has 0 atom stereocenters. The average Bonchev–Trinajstić information content (AvgIpc) is 2.43. The molecule has 0 saturated carbocycles. The molecule has 106 valence electrons. The van der Waals surface area contributed by atoms with Crippen molar-refractivity contribution in [1.29, 1.82) is 5.26 Å². The van der Waals surface area contributed by atoms with Gasteiger partial charge in [-0.15, -0.1) is 0 Å². The number of esters is 1. The van der Waals surface area contributed by atoms with Gasteiger partial charge in [0.15, 0.2) is 0 Å². The Labute approximate surface area is 119 Å². The van der Waals surface area contributed by atoms with Crippen LogP contribution in [0, 0.1) is 21.4 Å². The summed E-state index contributed by atoms with van der Waals surface area (Å²) in [4.78, 5) is 25.4. The molecule has 0 radical (unpaired) electrons. The number of nitriles is 1. The number of carbonyl (C=O) groups excluding carboxylic acids is 1. The lowest BCUT2D eigenvalue weighted by Crippen LogP contribution is -2.08. The van der Waals surface area contributed by atoms with Crippen molar-refractivity contribution in [2.45, 2.75) is 11.9 Å². The summed E-state index contributed by atoms with van der Waals surface area (Å²) >= 11 is 0.999. The third-order valence-electron chi connectivity index (χ3n) is 2.21. The van der Waals surface area contributed by atoms with Crippen LogP contribution in [0.25, 0.3) is 0 Å². The Morgan fingerprint density at radius 2 is 2.40 bits per heavy atom. The molecule has 1 heterocycles. The van der Waals surface area contributed by atoms with Gasteiger partial charge in [-0.05, 0) is 6.92 Å². The highest BCUT2D eigenvalue weighted by molar-refractivity contribution is 7.99. The standard InChI is InChI=1S/C11H12N4O4S/c1-3-19-9(16)6-20-11-7(4-12)10(13-2)8(5-14-11)15(17)18/h5H,3,6H2,1-2H3,(H,13,14). The number of aromatic nitrogens is 1. The number of carbonyl (C=O) groups is 1. The molecular formula is C11H12N4O4S. The summed E-state index contributed by atoms with van der Waals surface area (Å²) in [6.07, 6.45) is 1.06. The summed E-state index contributed by atoms with van der Waals surface area (Å²) < 4.78 is 4.76. The second kappa shape index (κ2) is 7.30.